The summed E-state index contributed by atoms with van der Waals surface area (Å²) in [5, 5.41) is 0. The number of aromatic nitrogens is 1. The Bertz CT molecular complexity index is 1340. The quantitative estimate of drug-likeness (QED) is 0.0783. The van der Waals surface area contributed by atoms with Crippen LogP contribution in [0.5, 0.6) is 11.6 Å². The van der Waals surface area contributed by atoms with E-state index in [1.807, 2.05) is 36.4 Å². The summed E-state index contributed by atoms with van der Waals surface area (Å²) in [4.78, 5) is 29.1. The monoisotopic (exact) mass is 669 g/mol. The van der Waals surface area contributed by atoms with Gasteiger partial charge in [-0.25, -0.2) is 14.6 Å². The fraction of sp³-hybridized carbons (Fsp3) is 0.513. The lowest BCUT2D eigenvalue weighted by Crippen LogP contribution is -2.33. The van der Waals surface area contributed by atoms with Crippen molar-refractivity contribution in [3.8, 4) is 22.8 Å². The molecule has 0 spiro atoms. The number of ether oxygens (including phenoxy) is 3. The van der Waals surface area contributed by atoms with E-state index in [1.54, 1.807) is 12.1 Å². The number of carbonyl (C=O) groups is 2. The molecule has 262 valence electrons. The van der Waals surface area contributed by atoms with Crippen molar-refractivity contribution in [1.29, 1.82) is 0 Å². The van der Waals surface area contributed by atoms with E-state index in [0.717, 1.165) is 55.2 Å². The highest BCUT2D eigenvalue weighted by molar-refractivity contribution is 5.92. The molecule has 1 atom stereocenters. The molecule has 2 aromatic carbocycles. The van der Waals surface area contributed by atoms with Crippen LogP contribution in [-0.4, -0.2) is 35.8 Å². The second kappa shape index (κ2) is 21.2. The lowest BCUT2D eigenvalue weighted by molar-refractivity contribution is -0.206. The number of pyridine rings is 1. The van der Waals surface area contributed by atoms with E-state index >= 15 is 0 Å². The summed E-state index contributed by atoms with van der Waals surface area (Å²) in [5.41, 5.74) is 2.01. The van der Waals surface area contributed by atoms with Gasteiger partial charge in [-0.3, -0.25) is 0 Å². The third kappa shape index (κ3) is 14.1. The van der Waals surface area contributed by atoms with Gasteiger partial charge in [0.05, 0.1) is 17.7 Å². The van der Waals surface area contributed by atoms with Gasteiger partial charge in [-0.2, -0.15) is 13.2 Å². The summed E-state index contributed by atoms with van der Waals surface area (Å²) in [7, 11) is 0. The Morgan fingerprint density at radius 3 is 1.71 bits per heavy atom. The van der Waals surface area contributed by atoms with Crippen LogP contribution in [0.3, 0.4) is 0 Å². The molecule has 0 aliphatic heterocycles. The predicted molar refractivity (Wildman–Crippen MR) is 182 cm³/mol. The van der Waals surface area contributed by atoms with Gasteiger partial charge in [-0.15, -0.1) is 0 Å². The number of alkyl halides is 3. The van der Waals surface area contributed by atoms with Crippen molar-refractivity contribution in [3.05, 3.63) is 78.0 Å². The van der Waals surface area contributed by atoms with Crippen LogP contribution in [-0.2, 0) is 4.74 Å². The molecule has 1 aromatic heterocycles. The van der Waals surface area contributed by atoms with Crippen LogP contribution in [0.4, 0.5) is 13.2 Å². The average Bonchev–Trinajstić information content (AvgIpc) is 3.08. The largest absolute Gasteiger partial charge is 0.494 e. The first kappa shape index (κ1) is 38.6. The number of nitrogens with zero attached hydrogens (tertiary/aromatic N) is 1. The first-order valence-corrected chi connectivity index (χ1v) is 17.5. The van der Waals surface area contributed by atoms with Crippen molar-refractivity contribution in [2.75, 3.05) is 6.61 Å². The molecule has 0 unspecified atom stereocenters. The maximum absolute atomic E-state index is 13.5. The number of hydrogen-bond acceptors (Lipinski definition) is 6. The predicted octanol–water partition coefficient (Wildman–Crippen LogP) is 11.3. The zero-order valence-corrected chi connectivity index (χ0v) is 28.4. The van der Waals surface area contributed by atoms with Crippen molar-refractivity contribution >= 4 is 11.9 Å². The molecule has 1 heterocycles. The van der Waals surface area contributed by atoms with Crippen molar-refractivity contribution in [2.45, 2.75) is 122 Å². The van der Waals surface area contributed by atoms with Gasteiger partial charge in [0.15, 0.2) is 6.10 Å². The van der Waals surface area contributed by atoms with Gasteiger partial charge < -0.3 is 14.2 Å². The fourth-order valence-electron chi connectivity index (χ4n) is 5.28. The van der Waals surface area contributed by atoms with Gasteiger partial charge in [0.25, 0.3) is 0 Å². The fourth-order valence-corrected chi connectivity index (χ4v) is 5.28. The van der Waals surface area contributed by atoms with Crippen molar-refractivity contribution < 1.29 is 37.0 Å². The van der Waals surface area contributed by atoms with Crippen LogP contribution in [0, 0.1) is 0 Å². The average molecular weight is 670 g/mol. The second-order valence-corrected chi connectivity index (χ2v) is 12.2. The van der Waals surface area contributed by atoms with E-state index in [1.165, 1.54) is 57.1 Å². The first-order valence-electron chi connectivity index (χ1n) is 17.5. The molecular formula is C39H50F3NO5. The summed E-state index contributed by atoms with van der Waals surface area (Å²) in [5.74, 6) is -1.07. The maximum atomic E-state index is 13.5. The van der Waals surface area contributed by atoms with Crippen LogP contribution < -0.4 is 9.47 Å². The third-order valence-electron chi connectivity index (χ3n) is 8.18. The number of benzene rings is 2. The number of halogens is 3. The summed E-state index contributed by atoms with van der Waals surface area (Å²) in [6, 6.07) is 17.2. The van der Waals surface area contributed by atoms with Crippen LogP contribution in [0.25, 0.3) is 11.1 Å². The number of carbonyl (C=O) groups excluding carboxylic acids is 2. The van der Waals surface area contributed by atoms with E-state index in [2.05, 4.69) is 18.8 Å². The molecule has 0 saturated heterocycles. The Labute approximate surface area is 283 Å². The minimum absolute atomic E-state index is 0.0948. The number of hydrogen-bond donors (Lipinski definition) is 0. The highest BCUT2D eigenvalue weighted by atomic mass is 19.4. The highest BCUT2D eigenvalue weighted by Gasteiger charge is 2.42. The Hall–Kier alpha value is -3.88. The lowest BCUT2D eigenvalue weighted by Gasteiger charge is -2.20. The van der Waals surface area contributed by atoms with Gasteiger partial charge >= 0.3 is 18.1 Å². The van der Waals surface area contributed by atoms with Crippen LogP contribution in [0.15, 0.2) is 66.9 Å². The molecule has 0 N–H and O–H groups in total. The van der Waals surface area contributed by atoms with Gasteiger partial charge in [-0.1, -0.05) is 115 Å². The summed E-state index contributed by atoms with van der Waals surface area (Å²) in [6.45, 7) is 5.00. The molecule has 48 heavy (non-hydrogen) atoms. The maximum Gasteiger partial charge on any atom is 0.425 e. The van der Waals surface area contributed by atoms with Gasteiger partial charge in [0, 0.05) is 12.3 Å². The van der Waals surface area contributed by atoms with Crippen LogP contribution in [0.1, 0.15) is 131 Å². The molecule has 3 aromatic rings. The highest BCUT2D eigenvalue weighted by Crippen LogP contribution is 2.29. The molecule has 9 heteroatoms. The topological polar surface area (TPSA) is 74.7 Å². The van der Waals surface area contributed by atoms with E-state index in [9.17, 15) is 22.8 Å². The minimum atomic E-state index is -4.66. The molecule has 6 nitrogen and oxygen atoms in total. The molecule has 0 bridgehead atoms. The molecule has 0 aliphatic carbocycles. The standard InChI is InChI=1S/C39H50F3NO5/c1-3-5-7-9-11-12-14-16-28-46-34-25-22-31(23-26-34)30-18-20-32(21-19-30)37(44)48-36-27-24-33(29-43-36)38(45)47-35(39(40,41)42)17-15-13-10-8-6-4-2/h18-27,29,35H,3-17,28H2,1-2H3/t35-/m0/s1. The van der Waals surface area contributed by atoms with Gasteiger partial charge in [0.2, 0.25) is 5.88 Å². The molecule has 0 amide bonds. The zero-order valence-electron chi connectivity index (χ0n) is 28.4. The minimum Gasteiger partial charge on any atom is -0.494 e. The Balaban J connectivity index is 1.44. The zero-order chi connectivity index (χ0) is 34.6. The second-order valence-electron chi connectivity index (χ2n) is 12.2. The number of unbranched alkanes of at least 4 members (excludes halogenated alkanes) is 12. The first-order chi connectivity index (χ1) is 23.2. The van der Waals surface area contributed by atoms with Crippen LogP contribution in [0.2, 0.25) is 0 Å². The smallest absolute Gasteiger partial charge is 0.425 e. The lowest BCUT2D eigenvalue weighted by atomic mass is 10.0. The van der Waals surface area contributed by atoms with E-state index < -0.39 is 24.2 Å². The van der Waals surface area contributed by atoms with Crippen molar-refractivity contribution in [1.82, 2.24) is 4.98 Å². The number of rotatable bonds is 22. The normalized spacial score (nSPS) is 12.0. The van der Waals surface area contributed by atoms with E-state index in [-0.39, 0.29) is 23.4 Å². The Kier molecular flexibility index (Phi) is 17.0. The Morgan fingerprint density at radius 1 is 0.646 bits per heavy atom. The van der Waals surface area contributed by atoms with Crippen molar-refractivity contribution in [3.63, 3.8) is 0 Å². The molecule has 0 saturated carbocycles. The van der Waals surface area contributed by atoms with Gasteiger partial charge in [0.1, 0.15) is 5.75 Å². The van der Waals surface area contributed by atoms with E-state index in [4.69, 9.17) is 14.2 Å². The molecular weight excluding hydrogens is 619 g/mol. The van der Waals surface area contributed by atoms with E-state index in [0.29, 0.717) is 19.4 Å². The summed E-state index contributed by atoms with van der Waals surface area (Å²) in [6.07, 6.45) is 8.81. The Morgan fingerprint density at radius 2 is 1.17 bits per heavy atom. The molecule has 0 fully saturated rings. The molecule has 0 aliphatic rings. The molecule has 0 radical (unpaired) electrons. The van der Waals surface area contributed by atoms with Crippen molar-refractivity contribution in [2.24, 2.45) is 0 Å². The summed E-state index contributed by atoms with van der Waals surface area (Å²) < 4.78 is 56.4. The SMILES string of the molecule is CCCCCCCCCCOc1ccc(-c2ccc(C(=O)Oc3ccc(C(=O)O[C@@H](CCCCCCCC)C(F)(F)F)cn3)cc2)cc1. The molecule has 3 rings (SSSR count). The van der Waals surface area contributed by atoms with Gasteiger partial charge in [-0.05, 0) is 60.7 Å². The summed E-state index contributed by atoms with van der Waals surface area (Å²) >= 11 is 0. The van der Waals surface area contributed by atoms with Crippen LogP contribution >= 0.6 is 0 Å². The number of esters is 2. The third-order valence-corrected chi connectivity index (χ3v) is 8.18.